The van der Waals surface area contributed by atoms with Crippen molar-refractivity contribution in [3.05, 3.63) is 68.4 Å². The zero-order chi connectivity index (χ0) is 18.6. The monoisotopic (exact) mass is 410 g/mol. The number of benzene rings is 2. The summed E-state index contributed by atoms with van der Waals surface area (Å²) < 4.78 is 19.1. The first-order valence-corrected chi connectivity index (χ1v) is 7.79. The Bertz CT molecular complexity index is 843. The van der Waals surface area contributed by atoms with Crippen molar-refractivity contribution >= 4 is 39.2 Å². The zero-order valence-electron chi connectivity index (χ0n) is 12.9. The van der Waals surface area contributed by atoms with Crippen LogP contribution >= 0.6 is 15.9 Å². The van der Waals surface area contributed by atoms with E-state index in [4.69, 9.17) is 4.74 Å². The molecule has 0 aliphatic carbocycles. The fraction of sp³-hybridized carbons (Fsp3) is 0.125. The standard InChI is InChI=1S/C16H12BrFN2O5/c1-9(25-16(22)11-7-6-10(17)8-12(11)18)15(21)19-13-4-2-3-5-14(13)20(23)24/h2-9H,1H3,(H,19,21)/t9-/m0/s1. The third kappa shape index (κ3) is 4.60. The maximum absolute atomic E-state index is 13.7. The molecule has 0 saturated heterocycles. The summed E-state index contributed by atoms with van der Waals surface area (Å²) in [6.07, 6.45) is -1.28. The van der Waals surface area contributed by atoms with Crippen LogP contribution in [0.2, 0.25) is 0 Å². The molecule has 130 valence electrons. The lowest BCUT2D eigenvalue weighted by molar-refractivity contribution is -0.383. The number of nitrogens with one attached hydrogen (secondary N) is 1. The normalized spacial score (nSPS) is 11.5. The van der Waals surface area contributed by atoms with E-state index in [-0.39, 0.29) is 16.9 Å². The second-order valence-corrected chi connectivity index (χ2v) is 5.85. The Morgan fingerprint density at radius 1 is 1.28 bits per heavy atom. The Labute approximate surface area is 150 Å². The average molecular weight is 411 g/mol. The van der Waals surface area contributed by atoms with E-state index in [0.717, 1.165) is 6.07 Å². The molecule has 7 nitrogen and oxygen atoms in total. The molecule has 9 heteroatoms. The smallest absolute Gasteiger partial charge is 0.341 e. The van der Waals surface area contributed by atoms with Gasteiger partial charge < -0.3 is 10.1 Å². The number of nitrogens with zero attached hydrogens (tertiary/aromatic N) is 1. The summed E-state index contributed by atoms with van der Waals surface area (Å²) >= 11 is 3.06. The number of carbonyl (C=O) groups excluding carboxylic acids is 2. The van der Waals surface area contributed by atoms with Gasteiger partial charge in [0.15, 0.2) is 6.10 Å². The number of amides is 1. The summed E-state index contributed by atoms with van der Waals surface area (Å²) in [5, 5.41) is 13.2. The second kappa shape index (κ2) is 7.84. The molecule has 2 aromatic carbocycles. The summed E-state index contributed by atoms with van der Waals surface area (Å²) in [4.78, 5) is 34.3. The molecule has 0 heterocycles. The van der Waals surface area contributed by atoms with Crippen molar-refractivity contribution < 1.29 is 23.6 Å². The second-order valence-electron chi connectivity index (χ2n) is 4.94. The SMILES string of the molecule is C[C@H](OC(=O)c1ccc(Br)cc1F)C(=O)Nc1ccccc1[N+](=O)[O-]. The summed E-state index contributed by atoms with van der Waals surface area (Å²) in [5.41, 5.74) is -0.655. The van der Waals surface area contributed by atoms with Gasteiger partial charge in [0.1, 0.15) is 11.5 Å². The molecule has 2 rings (SSSR count). The minimum atomic E-state index is -1.28. The van der Waals surface area contributed by atoms with Crippen molar-refractivity contribution in [1.82, 2.24) is 0 Å². The molecule has 1 amide bonds. The van der Waals surface area contributed by atoms with Crippen LogP contribution in [-0.2, 0) is 9.53 Å². The Morgan fingerprint density at radius 2 is 1.96 bits per heavy atom. The molecule has 0 saturated carbocycles. The quantitative estimate of drug-likeness (QED) is 0.460. The van der Waals surface area contributed by atoms with Crippen molar-refractivity contribution in [2.75, 3.05) is 5.32 Å². The highest BCUT2D eigenvalue weighted by molar-refractivity contribution is 9.10. The van der Waals surface area contributed by atoms with Crippen LogP contribution in [0, 0.1) is 15.9 Å². The van der Waals surface area contributed by atoms with Crippen LogP contribution in [0.3, 0.4) is 0 Å². The van der Waals surface area contributed by atoms with Gasteiger partial charge in [-0.3, -0.25) is 14.9 Å². The molecule has 0 spiro atoms. The molecule has 1 N–H and O–H groups in total. The molecule has 0 aromatic heterocycles. The van der Waals surface area contributed by atoms with Gasteiger partial charge >= 0.3 is 5.97 Å². The number of carbonyl (C=O) groups is 2. The Hall–Kier alpha value is -2.81. The number of nitro benzene ring substituents is 1. The minimum Gasteiger partial charge on any atom is -0.449 e. The van der Waals surface area contributed by atoms with Gasteiger partial charge in [0.25, 0.3) is 11.6 Å². The van der Waals surface area contributed by atoms with Crippen LogP contribution in [0.25, 0.3) is 0 Å². The molecule has 2 aromatic rings. The number of esters is 1. The molecule has 0 aliphatic rings. The lowest BCUT2D eigenvalue weighted by atomic mass is 10.2. The first-order chi connectivity index (χ1) is 11.8. The molecular formula is C16H12BrFN2O5. The largest absolute Gasteiger partial charge is 0.449 e. The highest BCUT2D eigenvalue weighted by atomic mass is 79.9. The molecule has 0 aliphatic heterocycles. The lowest BCUT2D eigenvalue weighted by Gasteiger charge is -2.14. The maximum Gasteiger partial charge on any atom is 0.341 e. The Kier molecular flexibility index (Phi) is 5.81. The van der Waals surface area contributed by atoms with Crippen LogP contribution in [0.1, 0.15) is 17.3 Å². The van der Waals surface area contributed by atoms with Gasteiger partial charge in [0.05, 0.1) is 10.5 Å². The average Bonchev–Trinajstić information content (AvgIpc) is 2.54. The van der Waals surface area contributed by atoms with Gasteiger partial charge in [0.2, 0.25) is 0 Å². The van der Waals surface area contributed by atoms with Gasteiger partial charge in [-0.15, -0.1) is 0 Å². The zero-order valence-corrected chi connectivity index (χ0v) is 14.4. The highest BCUT2D eigenvalue weighted by Crippen LogP contribution is 2.23. The van der Waals surface area contributed by atoms with Gasteiger partial charge in [-0.2, -0.15) is 0 Å². The summed E-state index contributed by atoms with van der Waals surface area (Å²) in [5.74, 6) is -2.60. The summed E-state index contributed by atoms with van der Waals surface area (Å²) in [6.45, 7) is 1.28. The van der Waals surface area contributed by atoms with Gasteiger partial charge in [-0.1, -0.05) is 28.1 Å². The van der Waals surface area contributed by atoms with Gasteiger partial charge in [-0.05, 0) is 31.2 Å². The van der Waals surface area contributed by atoms with Crippen LogP contribution in [-0.4, -0.2) is 22.9 Å². The number of anilines is 1. The third-order valence-corrected chi connectivity index (χ3v) is 3.66. The number of halogens is 2. The van der Waals surface area contributed by atoms with Crippen molar-refractivity contribution in [1.29, 1.82) is 0 Å². The van der Waals surface area contributed by atoms with Crippen LogP contribution in [0.4, 0.5) is 15.8 Å². The lowest BCUT2D eigenvalue weighted by Crippen LogP contribution is -2.30. The molecule has 0 bridgehead atoms. The van der Waals surface area contributed by atoms with E-state index in [2.05, 4.69) is 21.2 Å². The minimum absolute atomic E-state index is 0.0322. The van der Waals surface area contributed by atoms with Crippen LogP contribution in [0.5, 0.6) is 0 Å². The predicted molar refractivity (Wildman–Crippen MR) is 90.7 cm³/mol. The van der Waals surface area contributed by atoms with E-state index >= 15 is 0 Å². The highest BCUT2D eigenvalue weighted by Gasteiger charge is 2.23. The predicted octanol–water partition coefficient (Wildman–Crippen LogP) is 3.68. The van der Waals surface area contributed by atoms with Crippen molar-refractivity contribution in [2.24, 2.45) is 0 Å². The molecule has 0 unspecified atom stereocenters. The molecule has 1 atom stereocenters. The first-order valence-electron chi connectivity index (χ1n) is 7.00. The Morgan fingerprint density at radius 3 is 2.60 bits per heavy atom. The first kappa shape index (κ1) is 18.5. The van der Waals surface area contributed by atoms with E-state index in [0.29, 0.717) is 4.47 Å². The maximum atomic E-state index is 13.7. The molecule has 0 fully saturated rings. The van der Waals surface area contributed by atoms with Crippen LogP contribution in [0.15, 0.2) is 46.9 Å². The third-order valence-electron chi connectivity index (χ3n) is 3.16. The van der Waals surface area contributed by atoms with E-state index in [1.165, 1.54) is 43.3 Å². The topological polar surface area (TPSA) is 98.5 Å². The number of para-hydroxylation sites is 2. The van der Waals surface area contributed by atoms with Crippen molar-refractivity contribution in [3.63, 3.8) is 0 Å². The number of ether oxygens (including phenoxy) is 1. The van der Waals surface area contributed by atoms with E-state index < -0.39 is 28.7 Å². The Balaban J connectivity index is 2.08. The number of rotatable bonds is 5. The van der Waals surface area contributed by atoms with E-state index in [9.17, 15) is 24.1 Å². The van der Waals surface area contributed by atoms with Crippen molar-refractivity contribution in [2.45, 2.75) is 13.0 Å². The van der Waals surface area contributed by atoms with Crippen LogP contribution < -0.4 is 5.32 Å². The van der Waals surface area contributed by atoms with E-state index in [1.54, 1.807) is 0 Å². The fourth-order valence-corrected chi connectivity index (χ4v) is 2.24. The number of hydrogen-bond donors (Lipinski definition) is 1. The van der Waals surface area contributed by atoms with E-state index in [1.807, 2.05) is 0 Å². The summed E-state index contributed by atoms with van der Waals surface area (Å²) in [6, 6.07) is 9.30. The summed E-state index contributed by atoms with van der Waals surface area (Å²) in [7, 11) is 0. The molecular weight excluding hydrogens is 399 g/mol. The fourth-order valence-electron chi connectivity index (χ4n) is 1.91. The molecule has 0 radical (unpaired) electrons. The van der Waals surface area contributed by atoms with Crippen molar-refractivity contribution in [3.8, 4) is 0 Å². The molecule has 25 heavy (non-hydrogen) atoms. The number of hydrogen-bond acceptors (Lipinski definition) is 5. The van der Waals surface area contributed by atoms with Gasteiger partial charge in [0, 0.05) is 10.5 Å². The van der Waals surface area contributed by atoms with Gasteiger partial charge in [-0.25, -0.2) is 9.18 Å². The number of nitro groups is 1.